The smallest absolute Gasteiger partial charge is 0.329 e. The molecule has 0 saturated heterocycles. The molecule has 150 valence electrons. The van der Waals surface area contributed by atoms with Crippen LogP contribution in [-0.4, -0.2) is 43.5 Å². The molecule has 2 aromatic heterocycles. The lowest BCUT2D eigenvalue weighted by molar-refractivity contribution is 0.0939. The Morgan fingerprint density at radius 3 is 2.82 bits per heavy atom. The standard InChI is InChI=1S/C18H22ClN5O4/c1-3-8-20-17-21-15-14(16(26)22-18(27)23(15)2)24(17)9-11(25)10-28-13-7-5-4-6-12(13)19/h4-7,11,25H,3,8-10H2,1-2H3,(H,20,21)(H,22,26,27). The molecule has 1 unspecified atom stereocenters. The van der Waals surface area contributed by atoms with E-state index in [0.717, 1.165) is 6.42 Å². The summed E-state index contributed by atoms with van der Waals surface area (Å²) in [6.07, 6.45) is -0.0936. The number of para-hydroxylation sites is 1. The van der Waals surface area contributed by atoms with Crippen molar-refractivity contribution in [1.82, 2.24) is 19.1 Å². The Hall–Kier alpha value is -2.78. The topological polar surface area (TPSA) is 114 Å². The summed E-state index contributed by atoms with van der Waals surface area (Å²) in [5, 5.41) is 14.0. The van der Waals surface area contributed by atoms with Crippen molar-refractivity contribution < 1.29 is 9.84 Å². The molecule has 3 rings (SSSR count). The summed E-state index contributed by atoms with van der Waals surface area (Å²) in [4.78, 5) is 30.9. The van der Waals surface area contributed by atoms with E-state index in [9.17, 15) is 14.7 Å². The van der Waals surface area contributed by atoms with Gasteiger partial charge < -0.3 is 19.7 Å². The number of aromatic nitrogens is 4. The van der Waals surface area contributed by atoms with E-state index < -0.39 is 17.4 Å². The number of aromatic amines is 1. The fraction of sp³-hybridized carbons (Fsp3) is 0.389. The van der Waals surface area contributed by atoms with Gasteiger partial charge in [-0.2, -0.15) is 4.98 Å². The summed E-state index contributed by atoms with van der Waals surface area (Å²) in [6.45, 7) is 2.64. The number of hydrogen-bond donors (Lipinski definition) is 3. The van der Waals surface area contributed by atoms with Crippen LogP contribution in [0, 0.1) is 0 Å². The van der Waals surface area contributed by atoms with Crippen molar-refractivity contribution in [2.24, 2.45) is 7.05 Å². The second-order valence-electron chi connectivity index (χ2n) is 6.36. The summed E-state index contributed by atoms with van der Waals surface area (Å²) in [5.41, 5.74) is -0.662. The molecule has 1 atom stereocenters. The molecule has 2 heterocycles. The van der Waals surface area contributed by atoms with Crippen LogP contribution in [0.25, 0.3) is 11.2 Å². The summed E-state index contributed by atoms with van der Waals surface area (Å²) >= 11 is 6.05. The van der Waals surface area contributed by atoms with Crippen LogP contribution in [0.5, 0.6) is 5.75 Å². The number of ether oxygens (including phenoxy) is 1. The molecule has 0 aliphatic carbocycles. The molecule has 0 radical (unpaired) electrons. The predicted octanol–water partition coefficient (Wildman–Crippen LogP) is 1.34. The Kier molecular flexibility index (Phi) is 6.05. The van der Waals surface area contributed by atoms with Crippen LogP contribution in [0.3, 0.4) is 0 Å². The van der Waals surface area contributed by atoms with E-state index in [2.05, 4.69) is 15.3 Å². The van der Waals surface area contributed by atoms with Gasteiger partial charge in [0.1, 0.15) is 18.5 Å². The van der Waals surface area contributed by atoms with Gasteiger partial charge in [0.25, 0.3) is 5.56 Å². The highest BCUT2D eigenvalue weighted by atomic mass is 35.5. The van der Waals surface area contributed by atoms with Gasteiger partial charge in [0.15, 0.2) is 11.2 Å². The number of anilines is 1. The molecule has 0 spiro atoms. The molecule has 0 bridgehead atoms. The third-order valence-corrected chi connectivity index (χ3v) is 4.51. The Labute approximate surface area is 165 Å². The second-order valence-corrected chi connectivity index (χ2v) is 6.77. The van der Waals surface area contributed by atoms with Crippen LogP contribution in [0.4, 0.5) is 5.95 Å². The van der Waals surface area contributed by atoms with Crippen molar-refractivity contribution in [2.75, 3.05) is 18.5 Å². The Morgan fingerprint density at radius 1 is 1.36 bits per heavy atom. The lowest BCUT2D eigenvalue weighted by Gasteiger charge is -2.16. The van der Waals surface area contributed by atoms with Crippen LogP contribution in [0.2, 0.25) is 5.02 Å². The number of rotatable bonds is 8. The summed E-state index contributed by atoms with van der Waals surface area (Å²) in [5.74, 6) is 0.864. The van der Waals surface area contributed by atoms with Crippen LogP contribution >= 0.6 is 11.6 Å². The number of nitrogens with one attached hydrogen (secondary N) is 2. The number of nitrogens with zero attached hydrogens (tertiary/aromatic N) is 3. The fourth-order valence-electron chi connectivity index (χ4n) is 2.80. The molecular weight excluding hydrogens is 386 g/mol. The number of benzene rings is 1. The summed E-state index contributed by atoms with van der Waals surface area (Å²) in [7, 11) is 1.53. The SMILES string of the molecule is CCCNc1nc2c(c(=O)[nH]c(=O)n2C)n1CC(O)COc1ccccc1Cl. The van der Waals surface area contributed by atoms with Gasteiger partial charge in [0, 0.05) is 13.6 Å². The zero-order chi connectivity index (χ0) is 20.3. The van der Waals surface area contributed by atoms with Crippen molar-refractivity contribution in [3.63, 3.8) is 0 Å². The number of aliphatic hydroxyl groups excluding tert-OH is 1. The molecule has 28 heavy (non-hydrogen) atoms. The van der Waals surface area contributed by atoms with E-state index in [1.54, 1.807) is 28.8 Å². The van der Waals surface area contributed by atoms with Crippen LogP contribution in [0.15, 0.2) is 33.9 Å². The molecule has 0 saturated carbocycles. The molecule has 3 N–H and O–H groups in total. The van der Waals surface area contributed by atoms with Crippen molar-refractivity contribution in [1.29, 1.82) is 0 Å². The first-order chi connectivity index (χ1) is 13.4. The molecule has 0 amide bonds. The van der Waals surface area contributed by atoms with Crippen molar-refractivity contribution >= 4 is 28.7 Å². The number of aryl methyl sites for hydroxylation is 1. The average molecular weight is 408 g/mol. The van der Waals surface area contributed by atoms with E-state index in [4.69, 9.17) is 16.3 Å². The van der Waals surface area contributed by atoms with E-state index >= 15 is 0 Å². The van der Waals surface area contributed by atoms with Crippen LogP contribution in [-0.2, 0) is 13.6 Å². The quantitative estimate of drug-likeness (QED) is 0.519. The maximum Gasteiger partial charge on any atom is 0.329 e. The lowest BCUT2D eigenvalue weighted by atomic mass is 10.3. The number of fused-ring (bicyclic) bond motifs is 1. The van der Waals surface area contributed by atoms with Crippen LogP contribution in [0.1, 0.15) is 13.3 Å². The van der Waals surface area contributed by atoms with Gasteiger partial charge in [-0.15, -0.1) is 0 Å². The molecular formula is C18H22ClN5O4. The molecule has 10 heteroatoms. The highest BCUT2D eigenvalue weighted by Gasteiger charge is 2.19. The molecule has 9 nitrogen and oxygen atoms in total. The number of halogens is 1. The Balaban J connectivity index is 1.90. The van der Waals surface area contributed by atoms with E-state index in [1.165, 1.54) is 11.6 Å². The third-order valence-electron chi connectivity index (χ3n) is 4.20. The van der Waals surface area contributed by atoms with Gasteiger partial charge in [0.05, 0.1) is 11.6 Å². The first-order valence-corrected chi connectivity index (χ1v) is 9.29. The lowest BCUT2D eigenvalue weighted by Crippen LogP contribution is -2.31. The second kappa shape index (κ2) is 8.49. The number of imidazole rings is 1. The Morgan fingerprint density at radius 2 is 2.11 bits per heavy atom. The average Bonchev–Trinajstić information content (AvgIpc) is 3.02. The maximum atomic E-state index is 12.4. The molecule has 0 fully saturated rings. The minimum absolute atomic E-state index is 0.0275. The van der Waals surface area contributed by atoms with E-state index in [1.807, 2.05) is 6.92 Å². The van der Waals surface area contributed by atoms with Crippen LogP contribution < -0.4 is 21.3 Å². The van der Waals surface area contributed by atoms with Crippen molar-refractivity contribution in [2.45, 2.75) is 26.0 Å². The van der Waals surface area contributed by atoms with Gasteiger partial charge in [-0.1, -0.05) is 30.7 Å². The monoisotopic (exact) mass is 407 g/mol. The maximum absolute atomic E-state index is 12.4. The zero-order valence-corrected chi connectivity index (χ0v) is 16.4. The van der Waals surface area contributed by atoms with Gasteiger partial charge in [-0.05, 0) is 18.6 Å². The van der Waals surface area contributed by atoms with Gasteiger partial charge in [0.2, 0.25) is 5.95 Å². The molecule has 3 aromatic rings. The Bertz CT molecular complexity index is 1090. The van der Waals surface area contributed by atoms with Gasteiger partial charge in [-0.25, -0.2) is 4.79 Å². The first-order valence-electron chi connectivity index (χ1n) is 8.91. The summed E-state index contributed by atoms with van der Waals surface area (Å²) in [6, 6.07) is 6.96. The number of aliphatic hydroxyl groups is 1. The van der Waals surface area contributed by atoms with Crippen molar-refractivity contribution in [3.05, 3.63) is 50.1 Å². The van der Waals surface area contributed by atoms with Gasteiger partial charge >= 0.3 is 5.69 Å². The largest absolute Gasteiger partial charge is 0.489 e. The normalized spacial score (nSPS) is 12.3. The minimum Gasteiger partial charge on any atom is -0.489 e. The van der Waals surface area contributed by atoms with E-state index in [-0.39, 0.29) is 24.3 Å². The van der Waals surface area contributed by atoms with Crippen molar-refractivity contribution in [3.8, 4) is 5.75 Å². The highest BCUT2D eigenvalue weighted by Crippen LogP contribution is 2.23. The fourth-order valence-corrected chi connectivity index (χ4v) is 2.99. The number of hydrogen-bond acceptors (Lipinski definition) is 6. The molecule has 0 aliphatic rings. The third kappa shape index (κ3) is 4.05. The zero-order valence-electron chi connectivity index (χ0n) is 15.6. The summed E-state index contributed by atoms with van der Waals surface area (Å²) < 4.78 is 8.40. The molecule has 0 aliphatic heterocycles. The first kappa shape index (κ1) is 20.0. The molecule has 1 aromatic carbocycles. The highest BCUT2D eigenvalue weighted by molar-refractivity contribution is 6.32. The van der Waals surface area contributed by atoms with Gasteiger partial charge in [-0.3, -0.25) is 14.3 Å². The minimum atomic E-state index is -0.938. The predicted molar refractivity (Wildman–Crippen MR) is 107 cm³/mol. The van der Waals surface area contributed by atoms with E-state index in [0.29, 0.717) is 23.3 Å². The number of H-pyrrole nitrogens is 1.